The number of rotatable bonds is 6. The summed E-state index contributed by atoms with van der Waals surface area (Å²) in [5.74, 6) is 1.50. The van der Waals surface area contributed by atoms with Crippen molar-refractivity contribution in [1.82, 2.24) is 24.0 Å². The maximum Gasteiger partial charge on any atom is 0.328 e. The van der Waals surface area contributed by atoms with Crippen LogP contribution in [-0.4, -0.2) is 67.9 Å². The van der Waals surface area contributed by atoms with Gasteiger partial charge in [-0.3, -0.25) is 9.13 Å². The lowest BCUT2D eigenvalue weighted by atomic mass is 10.1. The standard InChI is InChI=1S/C23H33N7O2/c1-16-15-24-21(29-12-10-27(4)11-13-29)26-20(16)25-17-6-7-18-19(14-17)28(5)22(31)30(18)9-8-23(2,3)32/h6-7,14-15,32H,8-13H2,1-5H3,(H,24,25,26). The predicted octanol–water partition coefficient (Wildman–Crippen LogP) is 2.09. The molecule has 1 aliphatic heterocycles. The van der Waals surface area contributed by atoms with Gasteiger partial charge in [-0.1, -0.05) is 0 Å². The Kier molecular flexibility index (Phi) is 5.96. The van der Waals surface area contributed by atoms with Crippen LogP contribution in [0.2, 0.25) is 0 Å². The van der Waals surface area contributed by atoms with E-state index in [9.17, 15) is 9.90 Å². The van der Waals surface area contributed by atoms with Gasteiger partial charge in [0.15, 0.2) is 0 Å². The number of piperazine rings is 1. The van der Waals surface area contributed by atoms with Crippen molar-refractivity contribution in [3.8, 4) is 0 Å². The Morgan fingerprint density at radius 1 is 1.12 bits per heavy atom. The lowest BCUT2D eigenvalue weighted by Crippen LogP contribution is -2.45. The van der Waals surface area contributed by atoms with Crippen LogP contribution in [-0.2, 0) is 13.6 Å². The third-order valence-electron chi connectivity index (χ3n) is 6.10. The maximum atomic E-state index is 12.8. The van der Waals surface area contributed by atoms with E-state index in [0.717, 1.165) is 60.2 Å². The highest BCUT2D eigenvalue weighted by Gasteiger charge is 2.19. The number of hydrogen-bond acceptors (Lipinski definition) is 7. The predicted molar refractivity (Wildman–Crippen MR) is 128 cm³/mol. The summed E-state index contributed by atoms with van der Waals surface area (Å²) in [6.45, 7) is 9.77. The highest BCUT2D eigenvalue weighted by Crippen LogP contribution is 2.24. The van der Waals surface area contributed by atoms with Crippen LogP contribution >= 0.6 is 0 Å². The number of anilines is 3. The number of likely N-dealkylation sites (N-methyl/N-ethyl adjacent to an activating group) is 1. The molecule has 0 radical (unpaired) electrons. The summed E-state index contributed by atoms with van der Waals surface area (Å²) in [6, 6.07) is 5.87. The molecule has 4 rings (SSSR count). The van der Waals surface area contributed by atoms with E-state index in [1.54, 1.807) is 30.0 Å². The summed E-state index contributed by atoms with van der Waals surface area (Å²) in [7, 11) is 3.90. The van der Waals surface area contributed by atoms with E-state index in [1.165, 1.54) is 0 Å². The second-order valence-corrected chi connectivity index (χ2v) is 9.38. The highest BCUT2D eigenvalue weighted by atomic mass is 16.3. The maximum absolute atomic E-state index is 12.8. The van der Waals surface area contributed by atoms with Crippen molar-refractivity contribution >= 4 is 28.5 Å². The van der Waals surface area contributed by atoms with Crippen LogP contribution in [0, 0.1) is 6.92 Å². The van der Waals surface area contributed by atoms with E-state index < -0.39 is 5.60 Å². The summed E-state index contributed by atoms with van der Waals surface area (Å²) in [5.41, 5.74) is 2.59. The van der Waals surface area contributed by atoms with Gasteiger partial charge in [0.05, 0.1) is 16.6 Å². The minimum atomic E-state index is -0.824. The molecule has 2 aromatic heterocycles. The van der Waals surface area contributed by atoms with Crippen LogP contribution in [0.1, 0.15) is 25.8 Å². The first kappa shape index (κ1) is 22.3. The zero-order chi connectivity index (χ0) is 23.0. The van der Waals surface area contributed by atoms with Gasteiger partial charge in [-0.2, -0.15) is 4.98 Å². The van der Waals surface area contributed by atoms with Crippen molar-refractivity contribution in [2.24, 2.45) is 7.05 Å². The van der Waals surface area contributed by atoms with Crippen LogP contribution in [0.5, 0.6) is 0 Å². The molecule has 1 aromatic carbocycles. The summed E-state index contributed by atoms with van der Waals surface area (Å²) in [5, 5.41) is 13.5. The molecule has 172 valence electrons. The van der Waals surface area contributed by atoms with E-state index in [2.05, 4.69) is 27.1 Å². The zero-order valence-corrected chi connectivity index (χ0v) is 19.6. The van der Waals surface area contributed by atoms with Gasteiger partial charge >= 0.3 is 5.69 Å². The van der Waals surface area contributed by atoms with Gasteiger partial charge in [0.2, 0.25) is 5.95 Å². The number of aromatic nitrogens is 4. The second-order valence-electron chi connectivity index (χ2n) is 9.38. The van der Waals surface area contributed by atoms with Gasteiger partial charge in [-0.15, -0.1) is 0 Å². The molecule has 1 fully saturated rings. The molecule has 0 bridgehead atoms. The Morgan fingerprint density at radius 2 is 1.84 bits per heavy atom. The molecule has 1 saturated heterocycles. The minimum absolute atomic E-state index is 0.0861. The Bertz CT molecular complexity index is 1170. The Hall–Kier alpha value is -2.91. The van der Waals surface area contributed by atoms with Crippen molar-refractivity contribution in [2.45, 2.75) is 39.3 Å². The molecule has 32 heavy (non-hydrogen) atoms. The Morgan fingerprint density at radius 3 is 2.53 bits per heavy atom. The first-order valence-corrected chi connectivity index (χ1v) is 11.1. The largest absolute Gasteiger partial charge is 0.390 e. The monoisotopic (exact) mass is 439 g/mol. The lowest BCUT2D eigenvalue weighted by molar-refractivity contribution is 0.0662. The quantitative estimate of drug-likeness (QED) is 0.608. The van der Waals surface area contributed by atoms with E-state index in [0.29, 0.717) is 13.0 Å². The molecular formula is C23H33N7O2. The third kappa shape index (κ3) is 4.63. The summed E-state index contributed by atoms with van der Waals surface area (Å²) in [6.07, 6.45) is 2.35. The summed E-state index contributed by atoms with van der Waals surface area (Å²) < 4.78 is 3.37. The molecule has 0 saturated carbocycles. The third-order valence-corrected chi connectivity index (χ3v) is 6.10. The molecule has 1 aliphatic rings. The molecule has 0 amide bonds. The highest BCUT2D eigenvalue weighted by molar-refractivity contribution is 5.81. The SMILES string of the molecule is Cc1cnc(N2CCN(C)CC2)nc1Nc1ccc2c(c1)n(C)c(=O)n2CCC(C)(C)O. The van der Waals surface area contributed by atoms with Crippen LogP contribution in [0.3, 0.4) is 0 Å². The molecule has 2 N–H and O–H groups in total. The van der Waals surface area contributed by atoms with E-state index in [1.807, 2.05) is 31.3 Å². The Labute approximate surface area is 188 Å². The molecular weight excluding hydrogens is 406 g/mol. The van der Waals surface area contributed by atoms with Crippen molar-refractivity contribution in [3.63, 3.8) is 0 Å². The van der Waals surface area contributed by atoms with Crippen molar-refractivity contribution in [1.29, 1.82) is 0 Å². The van der Waals surface area contributed by atoms with Crippen molar-refractivity contribution in [3.05, 3.63) is 40.4 Å². The number of nitrogens with one attached hydrogen (secondary N) is 1. The number of imidazole rings is 1. The van der Waals surface area contributed by atoms with Gasteiger partial charge in [0.1, 0.15) is 5.82 Å². The molecule has 0 atom stereocenters. The first-order valence-electron chi connectivity index (χ1n) is 11.1. The fraction of sp³-hybridized carbons (Fsp3) is 0.522. The molecule has 0 spiro atoms. The fourth-order valence-corrected chi connectivity index (χ4v) is 3.94. The number of benzene rings is 1. The topological polar surface area (TPSA) is 91.5 Å². The average molecular weight is 440 g/mol. The van der Waals surface area contributed by atoms with Gasteiger partial charge in [-0.25, -0.2) is 9.78 Å². The van der Waals surface area contributed by atoms with E-state index >= 15 is 0 Å². The second kappa shape index (κ2) is 8.55. The Balaban J connectivity index is 1.60. The van der Waals surface area contributed by atoms with Crippen molar-refractivity contribution in [2.75, 3.05) is 43.4 Å². The van der Waals surface area contributed by atoms with E-state index in [4.69, 9.17) is 4.98 Å². The number of aliphatic hydroxyl groups is 1. The lowest BCUT2D eigenvalue weighted by Gasteiger charge is -2.32. The zero-order valence-electron chi connectivity index (χ0n) is 19.6. The average Bonchev–Trinajstić information content (AvgIpc) is 2.98. The van der Waals surface area contributed by atoms with Crippen LogP contribution in [0.25, 0.3) is 11.0 Å². The van der Waals surface area contributed by atoms with Crippen LogP contribution in [0.15, 0.2) is 29.2 Å². The molecule has 3 aromatic rings. The van der Waals surface area contributed by atoms with Gasteiger partial charge in [0, 0.05) is 57.2 Å². The fourth-order valence-electron chi connectivity index (χ4n) is 3.94. The summed E-state index contributed by atoms with van der Waals surface area (Å²) in [4.78, 5) is 26.6. The number of hydrogen-bond donors (Lipinski definition) is 2. The minimum Gasteiger partial charge on any atom is -0.390 e. The van der Waals surface area contributed by atoms with Gasteiger partial charge < -0.3 is 20.2 Å². The number of aryl methyl sites for hydroxylation is 3. The van der Waals surface area contributed by atoms with Gasteiger partial charge in [-0.05, 0) is 52.4 Å². The van der Waals surface area contributed by atoms with Crippen LogP contribution in [0.4, 0.5) is 17.5 Å². The van der Waals surface area contributed by atoms with E-state index in [-0.39, 0.29) is 5.69 Å². The molecule has 0 unspecified atom stereocenters. The first-order chi connectivity index (χ1) is 15.1. The molecule has 3 heterocycles. The van der Waals surface area contributed by atoms with Crippen molar-refractivity contribution < 1.29 is 5.11 Å². The normalized spacial score (nSPS) is 15.5. The molecule has 0 aliphatic carbocycles. The summed E-state index contributed by atoms with van der Waals surface area (Å²) >= 11 is 0. The van der Waals surface area contributed by atoms with Crippen LogP contribution < -0.4 is 15.9 Å². The van der Waals surface area contributed by atoms with Gasteiger partial charge in [0.25, 0.3) is 0 Å². The number of fused-ring (bicyclic) bond motifs is 1. The smallest absolute Gasteiger partial charge is 0.328 e. The molecule has 9 nitrogen and oxygen atoms in total. The molecule has 9 heteroatoms. The number of nitrogens with zero attached hydrogens (tertiary/aromatic N) is 6.